The molecule has 1 saturated heterocycles. The first-order valence-electron chi connectivity index (χ1n) is 10.6. The number of ether oxygens (including phenoxy) is 2. The van der Waals surface area contributed by atoms with E-state index in [0.717, 1.165) is 18.7 Å². The van der Waals surface area contributed by atoms with Gasteiger partial charge in [-0.05, 0) is 37.0 Å². The predicted molar refractivity (Wildman–Crippen MR) is 119 cm³/mol. The van der Waals surface area contributed by atoms with Gasteiger partial charge in [0.15, 0.2) is 11.5 Å². The van der Waals surface area contributed by atoms with Gasteiger partial charge in [0.2, 0.25) is 0 Å². The van der Waals surface area contributed by atoms with E-state index in [4.69, 9.17) is 9.47 Å². The van der Waals surface area contributed by atoms with Crippen LogP contribution in [0.1, 0.15) is 41.6 Å². The molecule has 1 aliphatic heterocycles. The third-order valence-corrected chi connectivity index (χ3v) is 5.55. The fourth-order valence-electron chi connectivity index (χ4n) is 3.82. The summed E-state index contributed by atoms with van der Waals surface area (Å²) in [6.45, 7) is 2.56. The SMILES string of the molecule is COc1cc(C(=O)NCCc2ccc(N3CCCCCC3)cc2)c([N+](=O)[O-])cc1OC. The van der Waals surface area contributed by atoms with Crippen LogP contribution in [0.4, 0.5) is 11.4 Å². The number of hydrogen-bond acceptors (Lipinski definition) is 6. The number of amides is 1. The molecular formula is C23H29N3O5. The lowest BCUT2D eigenvalue weighted by Gasteiger charge is -2.22. The lowest BCUT2D eigenvalue weighted by atomic mass is 10.1. The van der Waals surface area contributed by atoms with Crippen LogP contribution in [0.2, 0.25) is 0 Å². The van der Waals surface area contributed by atoms with Crippen LogP contribution in [-0.2, 0) is 6.42 Å². The van der Waals surface area contributed by atoms with E-state index < -0.39 is 10.8 Å². The highest BCUT2D eigenvalue weighted by Crippen LogP contribution is 2.34. The molecule has 0 radical (unpaired) electrons. The van der Waals surface area contributed by atoms with Crippen molar-refractivity contribution in [3.8, 4) is 11.5 Å². The van der Waals surface area contributed by atoms with E-state index in [2.05, 4.69) is 34.5 Å². The fourth-order valence-corrected chi connectivity index (χ4v) is 3.82. The molecule has 3 rings (SSSR count). The molecule has 1 heterocycles. The number of hydrogen-bond donors (Lipinski definition) is 1. The Morgan fingerprint density at radius 1 is 1.03 bits per heavy atom. The maximum atomic E-state index is 12.6. The summed E-state index contributed by atoms with van der Waals surface area (Å²) in [6.07, 6.45) is 5.69. The van der Waals surface area contributed by atoms with E-state index in [1.54, 1.807) is 0 Å². The molecule has 0 bridgehead atoms. The zero-order chi connectivity index (χ0) is 22.2. The van der Waals surface area contributed by atoms with E-state index in [9.17, 15) is 14.9 Å². The molecule has 1 amide bonds. The van der Waals surface area contributed by atoms with Crippen molar-refractivity contribution in [2.45, 2.75) is 32.1 Å². The molecule has 2 aromatic carbocycles. The molecule has 0 spiro atoms. The molecular weight excluding hydrogens is 398 g/mol. The summed E-state index contributed by atoms with van der Waals surface area (Å²) in [5, 5.41) is 14.2. The van der Waals surface area contributed by atoms with Crippen molar-refractivity contribution in [3.63, 3.8) is 0 Å². The summed E-state index contributed by atoms with van der Waals surface area (Å²) in [4.78, 5) is 25.8. The van der Waals surface area contributed by atoms with Gasteiger partial charge in [0.1, 0.15) is 5.56 Å². The maximum Gasteiger partial charge on any atom is 0.286 e. The van der Waals surface area contributed by atoms with Crippen LogP contribution < -0.4 is 19.7 Å². The van der Waals surface area contributed by atoms with Gasteiger partial charge in [0, 0.05) is 31.4 Å². The Hall–Kier alpha value is -3.29. The van der Waals surface area contributed by atoms with Crippen LogP contribution >= 0.6 is 0 Å². The number of nitro benzene ring substituents is 1. The number of carbonyl (C=O) groups is 1. The summed E-state index contributed by atoms with van der Waals surface area (Å²) in [5.74, 6) is -0.0496. The Kier molecular flexibility index (Phi) is 7.70. The van der Waals surface area contributed by atoms with Gasteiger partial charge in [0.25, 0.3) is 11.6 Å². The lowest BCUT2D eigenvalue weighted by Crippen LogP contribution is -2.26. The topological polar surface area (TPSA) is 93.9 Å². The minimum Gasteiger partial charge on any atom is -0.493 e. The van der Waals surface area contributed by atoms with Gasteiger partial charge in [0.05, 0.1) is 25.2 Å². The van der Waals surface area contributed by atoms with Crippen molar-refractivity contribution in [2.24, 2.45) is 0 Å². The molecule has 0 aliphatic carbocycles. The highest BCUT2D eigenvalue weighted by atomic mass is 16.6. The van der Waals surface area contributed by atoms with Gasteiger partial charge >= 0.3 is 0 Å². The van der Waals surface area contributed by atoms with Crippen molar-refractivity contribution < 1.29 is 19.2 Å². The number of methoxy groups -OCH3 is 2. The summed E-state index contributed by atoms with van der Waals surface area (Å²) < 4.78 is 10.3. The third-order valence-electron chi connectivity index (χ3n) is 5.55. The van der Waals surface area contributed by atoms with Crippen molar-refractivity contribution >= 4 is 17.3 Å². The Morgan fingerprint density at radius 3 is 2.23 bits per heavy atom. The molecule has 1 fully saturated rings. The molecule has 166 valence electrons. The number of benzene rings is 2. The van der Waals surface area contributed by atoms with E-state index in [-0.39, 0.29) is 22.7 Å². The quantitative estimate of drug-likeness (QED) is 0.506. The number of carbonyl (C=O) groups excluding carboxylic acids is 1. The maximum absolute atomic E-state index is 12.6. The number of nitrogens with zero attached hydrogens (tertiary/aromatic N) is 2. The van der Waals surface area contributed by atoms with E-state index >= 15 is 0 Å². The van der Waals surface area contributed by atoms with E-state index in [1.165, 1.54) is 57.7 Å². The highest BCUT2D eigenvalue weighted by Gasteiger charge is 2.24. The zero-order valence-corrected chi connectivity index (χ0v) is 18.1. The fraction of sp³-hybridized carbons (Fsp3) is 0.435. The minimum atomic E-state index is -0.599. The minimum absolute atomic E-state index is 0.0563. The second-order valence-corrected chi connectivity index (χ2v) is 7.56. The van der Waals surface area contributed by atoms with Crippen LogP contribution in [0.5, 0.6) is 11.5 Å². The van der Waals surface area contributed by atoms with Crippen LogP contribution in [-0.4, -0.2) is 44.7 Å². The van der Waals surface area contributed by atoms with Crippen molar-refractivity contribution in [1.82, 2.24) is 5.32 Å². The first-order chi connectivity index (χ1) is 15.0. The van der Waals surface area contributed by atoms with Crippen LogP contribution in [0.25, 0.3) is 0 Å². The van der Waals surface area contributed by atoms with E-state index in [0.29, 0.717) is 13.0 Å². The van der Waals surface area contributed by atoms with Gasteiger partial charge in [-0.25, -0.2) is 0 Å². The largest absolute Gasteiger partial charge is 0.493 e. The standard InChI is InChI=1S/C23H29N3O5/c1-30-21-15-19(20(26(28)29)16-22(21)31-2)23(27)24-12-11-17-7-9-18(10-8-17)25-13-5-3-4-6-14-25/h7-10,15-16H,3-6,11-14H2,1-2H3,(H,24,27). The molecule has 8 heteroatoms. The average Bonchev–Trinajstić information content (AvgIpc) is 3.08. The molecule has 1 aliphatic rings. The van der Waals surface area contributed by atoms with Crippen LogP contribution in [0.15, 0.2) is 36.4 Å². The Labute approximate surface area is 182 Å². The van der Waals surface area contributed by atoms with Crippen molar-refractivity contribution in [1.29, 1.82) is 0 Å². The van der Waals surface area contributed by atoms with Gasteiger partial charge < -0.3 is 19.7 Å². The molecule has 8 nitrogen and oxygen atoms in total. The first-order valence-corrected chi connectivity index (χ1v) is 10.6. The van der Waals surface area contributed by atoms with Crippen LogP contribution in [0, 0.1) is 10.1 Å². The van der Waals surface area contributed by atoms with Gasteiger partial charge in [-0.2, -0.15) is 0 Å². The Balaban J connectivity index is 1.61. The smallest absolute Gasteiger partial charge is 0.286 e. The Morgan fingerprint density at radius 2 is 1.65 bits per heavy atom. The summed E-state index contributed by atoms with van der Waals surface area (Å²) in [6, 6.07) is 10.9. The molecule has 0 unspecified atom stereocenters. The summed E-state index contributed by atoms with van der Waals surface area (Å²) in [7, 11) is 2.81. The lowest BCUT2D eigenvalue weighted by molar-refractivity contribution is -0.385. The normalized spacial score (nSPS) is 13.9. The predicted octanol–water partition coefficient (Wildman–Crippen LogP) is 3.96. The van der Waals surface area contributed by atoms with E-state index in [1.807, 2.05) is 0 Å². The molecule has 1 N–H and O–H groups in total. The van der Waals surface area contributed by atoms with Gasteiger partial charge in [-0.3, -0.25) is 14.9 Å². The molecule has 0 aromatic heterocycles. The average molecular weight is 428 g/mol. The molecule has 0 saturated carbocycles. The summed E-state index contributed by atoms with van der Waals surface area (Å²) in [5.41, 5.74) is 1.95. The number of nitro groups is 1. The second-order valence-electron chi connectivity index (χ2n) is 7.56. The van der Waals surface area contributed by atoms with Crippen LogP contribution in [0.3, 0.4) is 0 Å². The summed E-state index contributed by atoms with van der Waals surface area (Å²) >= 11 is 0. The molecule has 0 atom stereocenters. The number of anilines is 1. The second kappa shape index (κ2) is 10.7. The van der Waals surface area contributed by atoms with Crippen molar-refractivity contribution in [3.05, 3.63) is 57.6 Å². The van der Waals surface area contributed by atoms with Gasteiger partial charge in [-0.15, -0.1) is 0 Å². The molecule has 31 heavy (non-hydrogen) atoms. The molecule has 2 aromatic rings. The number of rotatable bonds is 8. The highest BCUT2D eigenvalue weighted by molar-refractivity contribution is 5.99. The Bertz CT molecular complexity index is 906. The van der Waals surface area contributed by atoms with Gasteiger partial charge in [-0.1, -0.05) is 25.0 Å². The number of nitrogens with one attached hydrogen (secondary N) is 1. The zero-order valence-electron chi connectivity index (χ0n) is 18.1. The third kappa shape index (κ3) is 5.65. The first kappa shape index (κ1) is 22.4. The monoisotopic (exact) mass is 427 g/mol. The van der Waals surface area contributed by atoms with Crippen molar-refractivity contribution in [2.75, 3.05) is 38.8 Å².